The topological polar surface area (TPSA) is 29.9 Å². The predicted octanol–water partition coefficient (Wildman–Crippen LogP) is 3.15. The number of nitrogens with zero attached hydrogens (tertiary/aromatic N) is 2. The summed E-state index contributed by atoms with van der Waals surface area (Å²) in [5, 5.41) is 8.11. The molecule has 3 nitrogen and oxygen atoms in total. The molecule has 1 aromatic rings. The molecule has 98 valence electrons. The Labute approximate surface area is 106 Å². The van der Waals surface area contributed by atoms with E-state index >= 15 is 0 Å². The normalized spacial score (nSPS) is 13.0. The molecule has 1 rings (SSSR count). The molecule has 0 aromatic carbocycles. The minimum Gasteiger partial charge on any atom is -0.315 e. The Balaban J connectivity index is 2.41. The van der Waals surface area contributed by atoms with Crippen molar-refractivity contribution in [2.45, 2.75) is 59.9 Å². The molecule has 0 aliphatic rings. The lowest BCUT2D eigenvalue weighted by atomic mass is 10.2. The van der Waals surface area contributed by atoms with Gasteiger partial charge in [-0.1, -0.05) is 19.8 Å². The van der Waals surface area contributed by atoms with E-state index in [9.17, 15) is 0 Å². The van der Waals surface area contributed by atoms with Crippen molar-refractivity contribution in [2.75, 3.05) is 13.1 Å². The number of nitrogens with one attached hydrogen (secondary N) is 1. The third-order valence-corrected chi connectivity index (χ3v) is 3.50. The summed E-state index contributed by atoms with van der Waals surface area (Å²) < 4.78 is 2.15. The third-order valence-electron chi connectivity index (χ3n) is 3.50. The highest BCUT2D eigenvalue weighted by molar-refractivity contribution is 5.22. The monoisotopic (exact) mass is 237 g/mol. The number of aryl methyl sites for hydroxylation is 1. The van der Waals surface area contributed by atoms with E-state index in [1.54, 1.807) is 0 Å². The highest BCUT2D eigenvalue weighted by Gasteiger charge is 2.12. The Hall–Kier alpha value is -0.830. The summed E-state index contributed by atoms with van der Waals surface area (Å²) in [7, 11) is 0. The second-order valence-corrected chi connectivity index (χ2v) is 5.00. The molecule has 1 N–H and O–H groups in total. The Morgan fingerprint density at radius 3 is 2.47 bits per heavy atom. The van der Waals surface area contributed by atoms with Gasteiger partial charge in [-0.05, 0) is 46.2 Å². The van der Waals surface area contributed by atoms with Gasteiger partial charge in [0.1, 0.15) is 0 Å². The van der Waals surface area contributed by atoms with Crippen LogP contribution in [-0.2, 0) is 0 Å². The molecular formula is C14H27N3. The summed E-state index contributed by atoms with van der Waals surface area (Å²) in [6.45, 7) is 13.0. The SMILES string of the molecule is CCCCCNCC(C)n1nc(C)c(C)c1C. The summed E-state index contributed by atoms with van der Waals surface area (Å²) >= 11 is 0. The number of aromatic nitrogens is 2. The molecule has 1 aromatic heterocycles. The van der Waals surface area contributed by atoms with Crippen LogP contribution < -0.4 is 5.32 Å². The van der Waals surface area contributed by atoms with Crippen LogP contribution in [-0.4, -0.2) is 22.9 Å². The van der Waals surface area contributed by atoms with Crippen LogP contribution in [0.15, 0.2) is 0 Å². The van der Waals surface area contributed by atoms with Gasteiger partial charge in [0.25, 0.3) is 0 Å². The third kappa shape index (κ3) is 3.84. The van der Waals surface area contributed by atoms with Crippen molar-refractivity contribution in [1.82, 2.24) is 15.1 Å². The van der Waals surface area contributed by atoms with E-state index in [4.69, 9.17) is 0 Å². The van der Waals surface area contributed by atoms with E-state index in [1.807, 2.05) is 0 Å². The molecule has 1 heterocycles. The molecular weight excluding hydrogens is 210 g/mol. The van der Waals surface area contributed by atoms with Gasteiger partial charge in [0.05, 0.1) is 11.7 Å². The maximum atomic E-state index is 4.60. The highest BCUT2D eigenvalue weighted by Crippen LogP contribution is 2.15. The van der Waals surface area contributed by atoms with Crippen molar-refractivity contribution in [3.63, 3.8) is 0 Å². The first-order valence-corrected chi connectivity index (χ1v) is 6.81. The molecule has 0 saturated heterocycles. The predicted molar refractivity (Wildman–Crippen MR) is 73.5 cm³/mol. The molecule has 0 aliphatic heterocycles. The molecule has 1 unspecified atom stereocenters. The lowest BCUT2D eigenvalue weighted by molar-refractivity contribution is 0.440. The first-order chi connectivity index (χ1) is 8.07. The van der Waals surface area contributed by atoms with Crippen LogP contribution >= 0.6 is 0 Å². The summed E-state index contributed by atoms with van der Waals surface area (Å²) in [6, 6.07) is 0.434. The van der Waals surface area contributed by atoms with Gasteiger partial charge in [0.15, 0.2) is 0 Å². The molecule has 0 radical (unpaired) electrons. The Morgan fingerprint density at radius 1 is 1.24 bits per heavy atom. The second kappa shape index (κ2) is 6.80. The van der Waals surface area contributed by atoms with E-state index in [-0.39, 0.29) is 0 Å². The molecule has 17 heavy (non-hydrogen) atoms. The van der Waals surface area contributed by atoms with Crippen LogP contribution in [0.1, 0.15) is 56.1 Å². The smallest absolute Gasteiger partial charge is 0.0625 e. The lowest BCUT2D eigenvalue weighted by Gasteiger charge is -2.15. The minimum atomic E-state index is 0.434. The number of hydrogen-bond donors (Lipinski definition) is 1. The summed E-state index contributed by atoms with van der Waals surface area (Å²) in [4.78, 5) is 0. The van der Waals surface area contributed by atoms with Gasteiger partial charge in [-0.25, -0.2) is 0 Å². The Kier molecular flexibility index (Phi) is 5.69. The van der Waals surface area contributed by atoms with Gasteiger partial charge in [-0.3, -0.25) is 4.68 Å². The van der Waals surface area contributed by atoms with Gasteiger partial charge < -0.3 is 5.32 Å². The zero-order valence-electron chi connectivity index (χ0n) is 12.0. The van der Waals surface area contributed by atoms with Crippen molar-refractivity contribution in [2.24, 2.45) is 0 Å². The molecule has 0 aliphatic carbocycles. The van der Waals surface area contributed by atoms with Gasteiger partial charge in [0.2, 0.25) is 0 Å². The van der Waals surface area contributed by atoms with E-state index in [2.05, 4.69) is 49.7 Å². The minimum absolute atomic E-state index is 0.434. The van der Waals surface area contributed by atoms with E-state index in [0.717, 1.165) is 18.8 Å². The molecule has 1 atom stereocenters. The maximum Gasteiger partial charge on any atom is 0.0625 e. The van der Waals surface area contributed by atoms with Crippen molar-refractivity contribution >= 4 is 0 Å². The molecule has 0 saturated carbocycles. The fraction of sp³-hybridized carbons (Fsp3) is 0.786. The first kappa shape index (κ1) is 14.2. The molecule has 0 bridgehead atoms. The van der Waals surface area contributed by atoms with Crippen LogP contribution in [0.3, 0.4) is 0 Å². The van der Waals surface area contributed by atoms with Crippen LogP contribution in [0.25, 0.3) is 0 Å². The molecule has 0 fully saturated rings. The highest BCUT2D eigenvalue weighted by atomic mass is 15.3. The fourth-order valence-electron chi connectivity index (χ4n) is 2.07. The summed E-state index contributed by atoms with van der Waals surface area (Å²) in [5.74, 6) is 0. The largest absolute Gasteiger partial charge is 0.315 e. The maximum absolute atomic E-state index is 4.60. The van der Waals surface area contributed by atoms with Gasteiger partial charge in [-0.15, -0.1) is 0 Å². The van der Waals surface area contributed by atoms with Crippen LogP contribution in [0, 0.1) is 20.8 Å². The second-order valence-electron chi connectivity index (χ2n) is 5.00. The quantitative estimate of drug-likeness (QED) is 0.738. The zero-order chi connectivity index (χ0) is 12.8. The van der Waals surface area contributed by atoms with Gasteiger partial charge >= 0.3 is 0 Å². The molecule has 0 amide bonds. The van der Waals surface area contributed by atoms with Crippen molar-refractivity contribution < 1.29 is 0 Å². The van der Waals surface area contributed by atoms with Crippen LogP contribution in [0.2, 0.25) is 0 Å². The van der Waals surface area contributed by atoms with Crippen molar-refractivity contribution in [1.29, 1.82) is 0 Å². The number of rotatable bonds is 7. The molecule has 3 heteroatoms. The summed E-state index contributed by atoms with van der Waals surface area (Å²) in [5.41, 5.74) is 3.77. The average Bonchev–Trinajstić information content (AvgIpc) is 2.56. The first-order valence-electron chi connectivity index (χ1n) is 6.81. The zero-order valence-corrected chi connectivity index (χ0v) is 12.0. The summed E-state index contributed by atoms with van der Waals surface area (Å²) in [6.07, 6.45) is 3.88. The standard InChI is InChI=1S/C14H27N3/c1-6-7-8-9-15-10-11(2)17-14(5)12(3)13(4)16-17/h11,15H,6-10H2,1-5H3. The van der Waals surface area contributed by atoms with E-state index in [1.165, 1.54) is 30.5 Å². The number of unbranched alkanes of at least 4 members (excludes halogenated alkanes) is 2. The van der Waals surface area contributed by atoms with E-state index < -0.39 is 0 Å². The lowest BCUT2D eigenvalue weighted by Crippen LogP contribution is -2.25. The van der Waals surface area contributed by atoms with Crippen molar-refractivity contribution in [3.8, 4) is 0 Å². The van der Waals surface area contributed by atoms with Crippen LogP contribution in [0.5, 0.6) is 0 Å². The average molecular weight is 237 g/mol. The van der Waals surface area contributed by atoms with Gasteiger partial charge in [-0.2, -0.15) is 5.10 Å². The Bertz CT molecular complexity index is 341. The fourth-order valence-corrected chi connectivity index (χ4v) is 2.07. The molecule has 0 spiro atoms. The Morgan fingerprint density at radius 2 is 1.94 bits per heavy atom. The van der Waals surface area contributed by atoms with E-state index in [0.29, 0.717) is 6.04 Å². The van der Waals surface area contributed by atoms with Gasteiger partial charge in [0, 0.05) is 12.2 Å². The van der Waals surface area contributed by atoms with Crippen LogP contribution in [0.4, 0.5) is 0 Å². The number of hydrogen-bond acceptors (Lipinski definition) is 2. The van der Waals surface area contributed by atoms with Crippen molar-refractivity contribution in [3.05, 3.63) is 17.0 Å².